The summed E-state index contributed by atoms with van der Waals surface area (Å²) in [6, 6.07) is 4.20. The molecular formula is C41H86N6O. The molecule has 0 saturated carbocycles. The smallest absolute Gasteiger partial charge is 0.222 e. The van der Waals surface area contributed by atoms with Gasteiger partial charge in [0.05, 0.1) is 0 Å². The van der Waals surface area contributed by atoms with Gasteiger partial charge < -0.3 is 29.8 Å². The Bertz CT molecular complexity index is 737. The molecule has 0 aliphatic carbocycles. The molecule has 5 aliphatic heterocycles. The first-order valence-corrected chi connectivity index (χ1v) is 20.7. The second-order valence-corrected chi connectivity index (χ2v) is 16.7. The van der Waals surface area contributed by atoms with Crippen LogP contribution in [0.1, 0.15) is 153 Å². The van der Waals surface area contributed by atoms with Gasteiger partial charge in [0, 0.05) is 49.2 Å². The third-order valence-corrected chi connectivity index (χ3v) is 11.2. The molecule has 5 rings (SSSR count). The molecule has 1 amide bonds. The van der Waals surface area contributed by atoms with Crippen LogP contribution in [0.2, 0.25) is 0 Å². The quantitative estimate of drug-likeness (QED) is 0.308. The Kier molecular flexibility index (Phi) is 24.6. The van der Waals surface area contributed by atoms with Crippen molar-refractivity contribution in [1.82, 2.24) is 29.8 Å². The fourth-order valence-corrected chi connectivity index (χ4v) is 7.33. The van der Waals surface area contributed by atoms with E-state index < -0.39 is 0 Å². The van der Waals surface area contributed by atoms with Gasteiger partial charge in [-0.3, -0.25) is 4.79 Å². The van der Waals surface area contributed by atoms with Crippen LogP contribution >= 0.6 is 0 Å². The van der Waals surface area contributed by atoms with Crippen molar-refractivity contribution < 1.29 is 4.79 Å². The molecule has 0 aromatic heterocycles. The van der Waals surface area contributed by atoms with Crippen LogP contribution < -0.4 is 5.32 Å². The van der Waals surface area contributed by atoms with Crippen LogP contribution in [-0.2, 0) is 4.79 Å². The second kappa shape index (κ2) is 26.1. The lowest BCUT2D eigenvalue weighted by Gasteiger charge is -2.34. The van der Waals surface area contributed by atoms with Crippen LogP contribution in [0.4, 0.5) is 0 Å². The summed E-state index contributed by atoms with van der Waals surface area (Å²) in [6.07, 6.45) is 15.8. The molecule has 5 fully saturated rings. The van der Waals surface area contributed by atoms with Gasteiger partial charge in [-0.1, -0.05) is 19.8 Å². The molecule has 0 unspecified atom stereocenters. The zero-order valence-electron chi connectivity index (χ0n) is 34.5. The zero-order chi connectivity index (χ0) is 36.1. The van der Waals surface area contributed by atoms with Crippen LogP contribution in [0.5, 0.6) is 0 Å². The van der Waals surface area contributed by atoms with E-state index in [9.17, 15) is 4.79 Å². The van der Waals surface area contributed by atoms with Crippen molar-refractivity contribution >= 4 is 5.91 Å². The van der Waals surface area contributed by atoms with Crippen LogP contribution in [0.25, 0.3) is 0 Å². The minimum Gasteiger partial charge on any atom is -0.340 e. The van der Waals surface area contributed by atoms with E-state index in [1.54, 1.807) is 0 Å². The molecule has 0 spiro atoms. The van der Waals surface area contributed by atoms with Gasteiger partial charge >= 0.3 is 0 Å². The summed E-state index contributed by atoms with van der Waals surface area (Å²) < 4.78 is 0. The van der Waals surface area contributed by atoms with Gasteiger partial charge in [-0.15, -0.1) is 0 Å². The van der Waals surface area contributed by atoms with Crippen molar-refractivity contribution in [3.63, 3.8) is 0 Å². The first-order valence-electron chi connectivity index (χ1n) is 20.7. The number of carbonyl (C=O) groups excluding carboxylic acids is 1. The molecule has 7 nitrogen and oxygen atoms in total. The van der Waals surface area contributed by atoms with Crippen molar-refractivity contribution in [2.75, 3.05) is 66.0 Å². The largest absolute Gasteiger partial charge is 0.340 e. The highest BCUT2D eigenvalue weighted by Gasteiger charge is 2.22. The molecule has 0 aromatic rings. The standard InChI is InChI=1S/C9H20N2.C9H19N.2C8H17N.C7H13NO/c1-8(2)11-6-4-9(10-3)5-7-11;1-8(2)10-6-4-9(3)5-7-10;2*1-8(2)9-6-4-3-5-7-9;1-6(2)8-5-3-4-7(8)9/h8-10H,4-7H2,1-3H3;8-9H,4-7H2,1-3H3;2*8H,3-7H2,1-2H3;6H,3-5H2,1-2H3. The summed E-state index contributed by atoms with van der Waals surface area (Å²) in [7, 11) is 2.07. The van der Waals surface area contributed by atoms with Crippen molar-refractivity contribution in [3.05, 3.63) is 0 Å². The van der Waals surface area contributed by atoms with E-state index in [0.717, 1.165) is 55.5 Å². The van der Waals surface area contributed by atoms with Crippen molar-refractivity contribution in [2.45, 2.75) is 189 Å². The van der Waals surface area contributed by atoms with E-state index in [2.05, 4.69) is 108 Å². The molecule has 48 heavy (non-hydrogen) atoms. The van der Waals surface area contributed by atoms with E-state index in [0.29, 0.717) is 11.9 Å². The lowest BCUT2D eigenvalue weighted by atomic mass is 9.98. The highest BCUT2D eigenvalue weighted by molar-refractivity contribution is 5.78. The maximum absolute atomic E-state index is 10.9. The molecule has 0 radical (unpaired) electrons. The minimum absolute atomic E-state index is 0.324. The monoisotopic (exact) mass is 679 g/mol. The van der Waals surface area contributed by atoms with Crippen LogP contribution in [0, 0.1) is 5.92 Å². The maximum atomic E-state index is 10.9. The maximum Gasteiger partial charge on any atom is 0.222 e. The van der Waals surface area contributed by atoms with E-state index in [-0.39, 0.29) is 0 Å². The van der Waals surface area contributed by atoms with Gasteiger partial charge in [-0.05, 0) is 192 Å². The topological polar surface area (TPSA) is 45.3 Å². The molecule has 0 aromatic carbocycles. The summed E-state index contributed by atoms with van der Waals surface area (Å²) in [5.41, 5.74) is 0. The number of rotatable bonds is 6. The van der Waals surface area contributed by atoms with Gasteiger partial charge in [0.25, 0.3) is 0 Å². The van der Waals surface area contributed by atoms with Crippen LogP contribution in [0.15, 0.2) is 0 Å². The zero-order valence-corrected chi connectivity index (χ0v) is 34.5. The Morgan fingerprint density at radius 2 is 0.833 bits per heavy atom. The van der Waals surface area contributed by atoms with Gasteiger partial charge in [0.2, 0.25) is 5.91 Å². The van der Waals surface area contributed by atoms with Gasteiger partial charge in [-0.2, -0.15) is 0 Å². The third-order valence-electron chi connectivity index (χ3n) is 11.2. The van der Waals surface area contributed by atoms with Gasteiger partial charge in [0.15, 0.2) is 0 Å². The number of hydrogen-bond acceptors (Lipinski definition) is 6. The van der Waals surface area contributed by atoms with Crippen molar-refractivity contribution in [2.24, 2.45) is 5.92 Å². The van der Waals surface area contributed by atoms with Crippen molar-refractivity contribution in [3.8, 4) is 0 Å². The fourth-order valence-electron chi connectivity index (χ4n) is 7.33. The highest BCUT2D eigenvalue weighted by atomic mass is 16.2. The average molecular weight is 679 g/mol. The van der Waals surface area contributed by atoms with E-state index in [1.165, 1.54) is 117 Å². The van der Waals surface area contributed by atoms with Crippen LogP contribution in [0.3, 0.4) is 0 Å². The predicted molar refractivity (Wildman–Crippen MR) is 211 cm³/mol. The number of carbonyl (C=O) groups is 1. The molecule has 286 valence electrons. The number of hydrogen-bond donors (Lipinski definition) is 1. The molecule has 0 atom stereocenters. The number of amides is 1. The predicted octanol–water partition coefficient (Wildman–Crippen LogP) is 7.98. The van der Waals surface area contributed by atoms with Gasteiger partial charge in [-0.25, -0.2) is 0 Å². The molecule has 5 saturated heterocycles. The SMILES string of the molecule is CC(C)N1CCCC1=O.CC(C)N1CCCCC1.CC(C)N1CCCCC1.CC1CCN(C(C)C)CC1.CNC1CCN(C(C)C)CC1. The third kappa shape index (κ3) is 19.6. The summed E-state index contributed by atoms with van der Waals surface area (Å²) in [5.74, 6) is 1.29. The lowest BCUT2D eigenvalue weighted by molar-refractivity contribution is -0.129. The number of nitrogens with zero attached hydrogens (tertiary/aromatic N) is 5. The number of piperidine rings is 4. The molecule has 0 bridgehead atoms. The van der Waals surface area contributed by atoms with Crippen molar-refractivity contribution in [1.29, 1.82) is 0 Å². The second-order valence-electron chi connectivity index (χ2n) is 16.7. The molecule has 5 aliphatic rings. The first kappa shape index (κ1) is 45.3. The lowest BCUT2D eigenvalue weighted by Crippen LogP contribution is -2.43. The number of likely N-dealkylation sites (tertiary alicyclic amines) is 5. The Hall–Kier alpha value is -0.730. The average Bonchev–Trinajstić information content (AvgIpc) is 3.53. The molecule has 7 heteroatoms. The molecule has 5 heterocycles. The normalized spacial score (nSPS) is 22.6. The highest BCUT2D eigenvalue weighted by Crippen LogP contribution is 2.17. The summed E-state index contributed by atoms with van der Waals surface area (Å²) in [5, 5.41) is 3.34. The Morgan fingerprint density at radius 3 is 1.08 bits per heavy atom. The Morgan fingerprint density at radius 1 is 0.479 bits per heavy atom. The van der Waals surface area contributed by atoms with Crippen LogP contribution in [-0.4, -0.2) is 133 Å². The minimum atomic E-state index is 0.324. The first-order chi connectivity index (χ1) is 22.8. The Balaban J connectivity index is 0.000000301. The van der Waals surface area contributed by atoms with E-state index in [1.807, 2.05) is 4.90 Å². The van der Waals surface area contributed by atoms with E-state index in [4.69, 9.17) is 0 Å². The fraction of sp³-hybridized carbons (Fsp3) is 0.976. The molecule has 1 N–H and O–H groups in total. The number of nitrogens with one attached hydrogen (secondary N) is 1. The van der Waals surface area contributed by atoms with Gasteiger partial charge in [0.1, 0.15) is 0 Å². The summed E-state index contributed by atoms with van der Waals surface area (Å²) >= 11 is 0. The molecular weight excluding hydrogens is 592 g/mol. The Labute approximate surface area is 301 Å². The summed E-state index contributed by atoms with van der Waals surface area (Å²) in [4.78, 5) is 23.1. The summed E-state index contributed by atoms with van der Waals surface area (Å²) in [6.45, 7) is 36.2. The van der Waals surface area contributed by atoms with E-state index >= 15 is 0 Å².